The van der Waals surface area contributed by atoms with E-state index in [9.17, 15) is 4.39 Å². The molecular weight excluding hydrogens is 434 g/mol. The van der Waals surface area contributed by atoms with Gasteiger partial charge in [0.25, 0.3) is 0 Å². The molecule has 1 aromatic heterocycles. The lowest BCUT2D eigenvalue weighted by molar-refractivity contribution is 0.567. The quantitative estimate of drug-likeness (QED) is 0.366. The number of hydrogen-bond donors (Lipinski definition) is 2. The first-order valence-electron chi connectivity index (χ1n) is 13.4. The van der Waals surface area contributed by atoms with Crippen LogP contribution in [0.1, 0.15) is 75.6 Å². The van der Waals surface area contributed by atoms with Crippen molar-refractivity contribution in [2.45, 2.75) is 76.4 Å². The van der Waals surface area contributed by atoms with E-state index in [1.54, 1.807) is 6.07 Å². The molecule has 3 aromatic rings. The Labute approximate surface area is 208 Å². The van der Waals surface area contributed by atoms with Gasteiger partial charge in [-0.1, -0.05) is 43.9 Å². The Hall–Kier alpha value is -3.08. The fraction of sp³-hybridized carbons (Fsp3) is 0.433. The van der Waals surface area contributed by atoms with Gasteiger partial charge in [-0.25, -0.2) is 4.98 Å². The first kappa shape index (κ1) is 22.4. The Kier molecular flexibility index (Phi) is 6.09. The minimum absolute atomic E-state index is 0.134. The lowest BCUT2D eigenvalue weighted by atomic mass is 9.85. The van der Waals surface area contributed by atoms with Crippen LogP contribution >= 0.6 is 0 Å². The van der Waals surface area contributed by atoms with Crippen molar-refractivity contribution >= 4 is 17.1 Å². The van der Waals surface area contributed by atoms with Crippen molar-refractivity contribution < 1.29 is 4.39 Å². The van der Waals surface area contributed by atoms with E-state index in [0.29, 0.717) is 12.1 Å². The number of nitrogens with one attached hydrogen (secondary N) is 2. The molecule has 2 saturated carbocycles. The van der Waals surface area contributed by atoms with Crippen molar-refractivity contribution in [2.75, 3.05) is 22.1 Å². The molecule has 2 heterocycles. The third kappa shape index (κ3) is 4.37. The molecule has 1 atom stereocenters. The van der Waals surface area contributed by atoms with E-state index in [2.05, 4.69) is 63.8 Å². The van der Waals surface area contributed by atoms with Crippen molar-refractivity contribution in [1.29, 1.82) is 0 Å². The van der Waals surface area contributed by atoms with Crippen LogP contribution in [0, 0.1) is 5.95 Å². The summed E-state index contributed by atoms with van der Waals surface area (Å²) in [7, 11) is 0. The highest BCUT2D eigenvalue weighted by Gasteiger charge is 2.33. The molecule has 1 aliphatic heterocycles. The molecule has 4 nitrogen and oxygen atoms in total. The van der Waals surface area contributed by atoms with Gasteiger partial charge in [0, 0.05) is 41.3 Å². The maximum absolute atomic E-state index is 14.3. The molecule has 0 saturated heterocycles. The van der Waals surface area contributed by atoms with Gasteiger partial charge in [0.1, 0.15) is 0 Å². The highest BCUT2D eigenvalue weighted by Crippen LogP contribution is 2.48. The van der Waals surface area contributed by atoms with Crippen LogP contribution in [0.4, 0.5) is 21.5 Å². The molecule has 5 heteroatoms. The Morgan fingerprint density at radius 1 is 0.829 bits per heavy atom. The average Bonchev–Trinajstić information content (AvgIpc) is 3.57. The molecule has 0 amide bonds. The van der Waals surface area contributed by atoms with E-state index in [1.807, 2.05) is 6.07 Å². The number of hydrogen-bond acceptors (Lipinski definition) is 4. The van der Waals surface area contributed by atoms with E-state index in [1.165, 1.54) is 85.5 Å². The molecule has 2 N–H and O–H groups in total. The molecule has 0 spiro atoms. The molecule has 6 rings (SSSR count). The molecule has 182 valence electrons. The van der Waals surface area contributed by atoms with Crippen molar-refractivity contribution in [3.05, 3.63) is 71.8 Å². The van der Waals surface area contributed by atoms with Crippen LogP contribution in [0.3, 0.4) is 0 Å². The number of fused-ring (bicyclic) bond motifs is 3. The van der Waals surface area contributed by atoms with E-state index in [0.717, 1.165) is 17.9 Å². The third-order valence-electron chi connectivity index (χ3n) is 8.06. The predicted octanol–water partition coefficient (Wildman–Crippen LogP) is 7.53. The molecule has 3 aliphatic rings. The predicted molar refractivity (Wildman–Crippen MR) is 143 cm³/mol. The summed E-state index contributed by atoms with van der Waals surface area (Å²) in [6, 6.07) is 19.6. The third-order valence-corrected chi connectivity index (χ3v) is 8.06. The molecule has 0 radical (unpaired) electrons. The number of rotatable bonds is 6. The van der Waals surface area contributed by atoms with Gasteiger partial charge in [0.2, 0.25) is 5.95 Å². The van der Waals surface area contributed by atoms with Gasteiger partial charge in [-0.3, -0.25) is 0 Å². The Balaban J connectivity index is 1.45. The van der Waals surface area contributed by atoms with Gasteiger partial charge in [-0.05, 0) is 80.1 Å². The first-order valence-corrected chi connectivity index (χ1v) is 13.4. The fourth-order valence-electron chi connectivity index (χ4n) is 6.38. The monoisotopic (exact) mass is 469 g/mol. The minimum Gasteiger partial charge on any atom is -0.382 e. The van der Waals surface area contributed by atoms with Crippen LogP contribution in [0.2, 0.25) is 0 Å². The summed E-state index contributed by atoms with van der Waals surface area (Å²) in [5.41, 5.74) is 7.90. The van der Waals surface area contributed by atoms with Crippen LogP contribution in [-0.2, 0) is 0 Å². The number of aromatic nitrogens is 1. The van der Waals surface area contributed by atoms with Gasteiger partial charge in [-0.15, -0.1) is 0 Å². The van der Waals surface area contributed by atoms with E-state index < -0.39 is 5.95 Å². The molecule has 1 unspecified atom stereocenters. The highest BCUT2D eigenvalue weighted by atomic mass is 18.2. The molecule has 0 bridgehead atoms. The van der Waals surface area contributed by atoms with Crippen molar-refractivity contribution in [1.82, 2.24) is 4.98 Å². The smallest absolute Gasteiger partial charge is 0.213 e. The molecule has 2 fully saturated rings. The van der Waals surface area contributed by atoms with Crippen LogP contribution in [0.25, 0.3) is 11.1 Å². The van der Waals surface area contributed by atoms with Crippen molar-refractivity contribution in [3.8, 4) is 11.1 Å². The topological polar surface area (TPSA) is 40.2 Å². The SMILES string of the molecule is CCN1c2cc(NC3CCCC3)ccc2-c2ccc(NC3CCCC3)cc2C1c1cccc([18F])n1. The van der Waals surface area contributed by atoms with Crippen LogP contribution in [-0.4, -0.2) is 23.6 Å². The van der Waals surface area contributed by atoms with Crippen LogP contribution in [0.5, 0.6) is 0 Å². The summed E-state index contributed by atoms with van der Waals surface area (Å²) in [6.45, 7) is 2.99. The fourth-order valence-corrected chi connectivity index (χ4v) is 6.38. The number of nitrogens with zero attached hydrogens (tertiary/aromatic N) is 2. The van der Waals surface area contributed by atoms with E-state index in [-0.39, 0.29) is 6.04 Å². The molecular formula is C30H35FN4. The van der Waals surface area contributed by atoms with Crippen LogP contribution < -0.4 is 15.5 Å². The Bertz CT molecular complexity index is 1200. The Morgan fingerprint density at radius 3 is 2.09 bits per heavy atom. The maximum atomic E-state index is 14.3. The number of benzene rings is 2. The maximum Gasteiger partial charge on any atom is 0.213 e. The summed E-state index contributed by atoms with van der Waals surface area (Å²) < 4.78 is 14.3. The zero-order valence-electron chi connectivity index (χ0n) is 20.6. The lowest BCUT2D eigenvalue weighted by Gasteiger charge is -2.40. The van der Waals surface area contributed by atoms with E-state index in [4.69, 9.17) is 0 Å². The standard InChI is InChI=1S/C30H35FN4/c1-2-35-28-19-23(33-21-10-5-6-11-21)15-17-25(28)24-16-14-22(32-20-8-3-4-9-20)18-26(24)30(35)27-12-7-13-29(31)34-27/h7,12-21,30,32-33H,2-6,8-11H2,1H3/i31-1. The van der Waals surface area contributed by atoms with Gasteiger partial charge in [0.05, 0.1) is 11.7 Å². The van der Waals surface area contributed by atoms with Gasteiger partial charge >= 0.3 is 0 Å². The molecule has 2 aliphatic carbocycles. The average molecular weight is 470 g/mol. The van der Waals surface area contributed by atoms with E-state index >= 15 is 0 Å². The summed E-state index contributed by atoms with van der Waals surface area (Å²) >= 11 is 0. The zero-order valence-corrected chi connectivity index (χ0v) is 20.6. The number of pyridine rings is 1. The molecule has 2 aromatic carbocycles. The van der Waals surface area contributed by atoms with Gasteiger partial charge in [-0.2, -0.15) is 4.39 Å². The zero-order chi connectivity index (χ0) is 23.8. The van der Waals surface area contributed by atoms with Gasteiger partial charge < -0.3 is 15.5 Å². The normalized spacial score (nSPS) is 20.1. The number of halogens is 1. The number of anilines is 3. The second-order valence-corrected chi connectivity index (χ2v) is 10.4. The van der Waals surface area contributed by atoms with Crippen LogP contribution in [0.15, 0.2) is 54.6 Å². The largest absolute Gasteiger partial charge is 0.382 e. The highest BCUT2D eigenvalue weighted by molar-refractivity contribution is 5.88. The second-order valence-electron chi connectivity index (χ2n) is 10.4. The van der Waals surface area contributed by atoms with Crippen molar-refractivity contribution in [3.63, 3.8) is 0 Å². The summed E-state index contributed by atoms with van der Waals surface area (Å²) in [6.07, 6.45) is 10.1. The lowest BCUT2D eigenvalue weighted by Crippen LogP contribution is -2.33. The van der Waals surface area contributed by atoms with Crippen molar-refractivity contribution in [2.24, 2.45) is 0 Å². The Morgan fingerprint density at radius 2 is 1.46 bits per heavy atom. The minimum atomic E-state index is -0.428. The summed E-state index contributed by atoms with van der Waals surface area (Å²) in [5, 5.41) is 7.52. The second kappa shape index (κ2) is 9.52. The summed E-state index contributed by atoms with van der Waals surface area (Å²) in [4.78, 5) is 6.75. The van der Waals surface area contributed by atoms with Gasteiger partial charge in [0.15, 0.2) is 0 Å². The summed E-state index contributed by atoms with van der Waals surface area (Å²) in [5.74, 6) is -0.428. The molecule has 35 heavy (non-hydrogen) atoms. The first-order chi connectivity index (χ1) is 17.2.